The smallest absolute Gasteiger partial charge is 0.241 e. The molecule has 0 radical (unpaired) electrons. The van der Waals surface area contributed by atoms with Crippen LogP contribution in [0.25, 0.3) is 0 Å². The number of halogens is 2. The lowest BCUT2D eigenvalue weighted by Gasteiger charge is -2.38. The standard InChI is InChI=1S/C19H22F2N4O3S/c1-13(19(26)23-18-7-2-14(20)12-17(18)21)24-8-10-25(11-9-24)15-3-5-16(6-4-15)29(22,27)28/h2-7,12-13H,8-11H2,1H3,(H,23,26)(H2,22,27,28). The van der Waals surface area contributed by atoms with Crippen LogP contribution in [-0.2, 0) is 14.8 Å². The third-order valence-electron chi connectivity index (χ3n) is 4.96. The molecular weight excluding hydrogens is 402 g/mol. The zero-order valence-electron chi connectivity index (χ0n) is 15.8. The highest BCUT2D eigenvalue weighted by molar-refractivity contribution is 7.89. The minimum atomic E-state index is -3.73. The fourth-order valence-electron chi connectivity index (χ4n) is 3.21. The number of hydrogen-bond donors (Lipinski definition) is 2. The lowest BCUT2D eigenvalue weighted by molar-refractivity contribution is -0.120. The second-order valence-corrected chi connectivity index (χ2v) is 8.41. The molecule has 1 heterocycles. The summed E-state index contributed by atoms with van der Waals surface area (Å²) in [7, 11) is -3.73. The van der Waals surface area contributed by atoms with Crippen molar-refractivity contribution in [1.29, 1.82) is 0 Å². The SMILES string of the molecule is CC(C(=O)Nc1ccc(F)cc1F)N1CCN(c2ccc(S(N)(=O)=O)cc2)CC1. The summed E-state index contributed by atoms with van der Waals surface area (Å²) in [6.45, 7) is 4.19. The number of nitrogens with zero attached hydrogens (tertiary/aromatic N) is 2. The topological polar surface area (TPSA) is 95.7 Å². The molecule has 3 N–H and O–H groups in total. The molecule has 10 heteroatoms. The Kier molecular flexibility index (Phi) is 6.15. The highest BCUT2D eigenvalue weighted by Crippen LogP contribution is 2.20. The second kappa shape index (κ2) is 8.44. The maximum Gasteiger partial charge on any atom is 0.241 e. The molecule has 156 valence electrons. The summed E-state index contributed by atoms with van der Waals surface area (Å²) in [5.41, 5.74) is 0.805. The van der Waals surface area contributed by atoms with E-state index in [-0.39, 0.29) is 16.5 Å². The Labute approximate surface area is 168 Å². The van der Waals surface area contributed by atoms with Crippen LogP contribution in [0.15, 0.2) is 47.4 Å². The van der Waals surface area contributed by atoms with Gasteiger partial charge < -0.3 is 10.2 Å². The average Bonchev–Trinajstić information content (AvgIpc) is 2.69. The fraction of sp³-hybridized carbons (Fsp3) is 0.316. The number of anilines is 2. The quantitative estimate of drug-likeness (QED) is 0.763. The number of piperazine rings is 1. The average molecular weight is 424 g/mol. The van der Waals surface area contributed by atoms with E-state index in [1.54, 1.807) is 19.1 Å². The van der Waals surface area contributed by atoms with Gasteiger partial charge in [-0.2, -0.15) is 0 Å². The Balaban J connectivity index is 1.57. The van der Waals surface area contributed by atoms with Crippen LogP contribution in [0.4, 0.5) is 20.2 Å². The Hall–Kier alpha value is -2.56. The van der Waals surface area contributed by atoms with Gasteiger partial charge in [0.1, 0.15) is 11.6 Å². The van der Waals surface area contributed by atoms with Gasteiger partial charge in [0.2, 0.25) is 15.9 Å². The predicted octanol–water partition coefficient (Wildman–Crippen LogP) is 1.76. The maximum absolute atomic E-state index is 13.7. The van der Waals surface area contributed by atoms with Crippen molar-refractivity contribution >= 4 is 27.3 Å². The summed E-state index contributed by atoms with van der Waals surface area (Å²) in [5.74, 6) is -1.90. The van der Waals surface area contributed by atoms with Crippen LogP contribution in [0.3, 0.4) is 0 Å². The number of carbonyl (C=O) groups excluding carboxylic acids is 1. The molecular formula is C19H22F2N4O3S. The lowest BCUT2D eigenvalue weighted by atomic mass is 10.2. The molecule has 1 aliphatic rings. The van der Waals surface area contributed by atoms with E-state index in [4.69, 9.17) is 5.14 Å². The minimum Gasteiger partial charge on any atom is -0.369 e. The number of nitrogens with one attached hydrogen (secondary N) is 1. The summed E-state index contributed by atoms with van der Waals surface area (Å²) in [4.78, 5) is 16.5. The molecule has 0 bridgehead atoms. The zero-order chi connectivity index (χ0) is 21.2. The normalized spacial score (nSPS) is 16.5. The van der Waals surface area contributed by atoms with E-state index in [1.807, 2.05) is 4.90 Å². The molecule has 7 nitrogen and oxygen atoms in total. The lowest BCUT2D eigenvalue weighted by Crippen LogP contribution is -2.52. The first-order valence-electron chi connectivity index (χ1n) is 9.03. The number of hydrogen-bond acceptors (Lipinski definition) is 5. The zero-order valence-corrected chi connectivity index (χ0v) is 16.6. The number of rotatable bonds is 5. The van der Waals surface area contributed by atoms with E-state index >= 15 is 0 Å². The Bertz CT molecular complexity index is 991. The van der Waals surface area contributed by atoms with Crippen LogP contribution in [0, 0.1) is 11.6 Å². The first-order chi connectivity index (χ1) is 13.6. The van der Waals surface area contributed by atoms with Crippen molar-refractivity contribution in [2.75, 3.05) is 36.4 Å². The molecule has 29 heavy (non-hydrogen) atoms. The monoisotopic (exact) mass is 424 g/mol. The maximum atomic E-state index is 13.7. The van der Waals surface area contributed by atoms with E-state index in [1.165, 1.54) is 18.2 Å². The molecule has 1 amide bonds. The molecule has 0 aliphatic carbocycles. The van der Waals surface area contributed by atoms with Crippen molar-refractivity contribution in [3.63, 3.8) is 0 Å². The highest BCUT2D eigenvalue weighted by atomic mass is 32.2. The van der Waals surface area contributed by atoms with E-state index in [2.05, 4.69) is 10.2 Å². The molecule has 1 aliphatic heterocycles. The van der Waals surface area contributed by atoms with Gasteiger partial charge in [0.15, 0.2) is 0 Å². The van der Waals surface area contributed by atoms with Crippen LogP contribution in [0.5, 0.6) is 0 Å². The van der Waals surface area contributed by atoms with Gasteiger partial charge in [0.25, 0.3) is 0 Å². The Morgan fingerprint density at radius 1 is 1.07 bits per heavy atom. The van der Waals surface area contributed by atoms with Crippen molar-refractivity contribution in [2.45, 2.75) is 17.9 Å². The van der Waals surface area contributed by atoms with Crippen molar-refractivity contribution < 1.29 is 22.0 Å². The highest BCUT2D eigenvalue weighted by Gasteiger charge is 2.26. The van der Waals surface area contributed by atoms with Gasteiger partial charge in [-0.15, -0.1) is 0 Å². The molecule has 0 spiro atoms. The molecule has 0 saturated carbocycles. The molecule has 2 aromatic carbocycles. The van der Waals surface area contributed by atoms with E-state index < -0.39 is 27.7 Å². The van der Waals surface area contributed by atoms with Crippen molar-refractivity contribution in [3.05, 3.63) is 54.1 Å². The van der Waals surface area contributed by atoms with E-state index in [0.29, 0.717) is 26.2 Å². The summed E-state index contributed by atoms with van der Waals surface area (Å²) in [6.07, 6.45) is 0. The van der Waals surface area contributed by atoms with Crippen LogP contribution >= 0.6 is 0 Å². The number of carbonyl (C=O) groups is 1. The van der Waals surface area contributed by atoms with Gasteiger partial charge in [-0.1, -0.05) is 0 Å². The van der Waals surface area contributed by atoms with Gasteiger partial charge in [0, 0.05) is 37.9 Å². The second-order valence-electron chi connectivity index (χ2n) is 6.85. The molecule has 2 aromatic rings. The number of primary sulfonamides is 1. The van der Waals surface area contributed by atoms with Crippen LogP contribution in [0.1, 0.15) is 6.92 Å². The molecule has 1 atom stereocenters. The fourth-order valence-corrected chi connectivity index (χ4v) is 3.72. The number of benzene rings is 2. The minimum absolute atomic E-state index is 0.0539. The molecule has 1 unspecified atom stereocenters. The summed E-state index contributed by atoms with van der Waals surface area (Å²) >= 11 is 0. The van der Waals surface area contributed by atoms with Crippen LogP contribution < -0.4 is 15.4 Å². The molecule has 1 fully saturated rings. The summed E-state index contributed by atoms with van der Waals surface area (Å²) in [6, 6.07) is 8.83. The Morgan fingerprint density at radius 2 is 1.69 bits per heavy atom. The van der Waals surface area contributed by atoms with E-state index in [9.17, 15) is 22.0 Å². The largest absolute Gasteiger partial charge is 0.369 e. The third-order valence-corrected chi connectivity index (χ3v) is 5.89. The number of amides is 1. The predicted molar refractivity (Wildman–Crippen MR) is 106 cm³/mol. The van der Waals surface area contributed by atoms with Gasteiger partial charge in [-0.25, -0.2) is 22.3 Å². The summed E-state index contributed by atoms with van der Waals surface area (Å²) in [5, 5.41) is 7.60. The molecule has 3 rings (SSSR count). The van der Waals surface area contributed by atoms with E-state index in [0.717, 1.165) is 17.8 Å². The molecule has 1 saturated heterocycles. The van der Waals surface area contributed by atoms with Gasteiger partial charge in [-0.3, -0.25) is 9.69 Å². The van der Waals surface area contributed by atoms with Gasteiger partial charge in [0.05, 0.1) is 16.6 Å². The number of sulfonamides is 1. The number of nitrogens with two attached hydrogens (primary N) is 1. The van der Waals surface area contributed by atoms with Crippen molar-refractivity contribution in [3.8, 4) is 0 Å². The third kappa shape index (κ3) is 5.08. The van der Waals surface area contributed by atoms with Crippen LogP contribution in [-0.4, -0.2) is 51.4 Å². The van der Waals surface area contributed by atoms with Gasteiger partial charge >= 0.3 is 0 Å². The van der Waals surface area contributed by atoms with Crippen LogP contribution in [0.2, 0.25) is 0 Å². The Morgan fingerprint density at radius 3 is 2.24 bits per heavy atom. The molecule has 0 aromatic heterocycles. The van der Waals surface area contributed by atoms with Gasteiger partial charge in [-0.05, 0) is 43.3 Å². The van der Waals surface area contributed by atoms with Crippen molar-refractivity contribution in [1.82, 2.24) is 4.90 Å². The summed E-state index contributed by atoms with van der Waals surface area (Å²) < 4.78 is 49.4. The first-order valence-corrected chi connectivity index (χ1v) is 10.6. The first kappa shape index (κ1) is 21.2. The van der Waals surface area contributed by atoms with Crippen molar-refractivity contribution in [2.24, 2.45) is 5.14 Å².